The number of rotatable bonds is 5. The molecule has 1 aliphatic rings. The Bertz CT molecular complexity index is 1560. The molecule has 2 atom stereocenters. The minimum Gasteiger partial charge on any atom is -0.465 e. The molecule has 37 heavy (non-hydrogen) atoms. The molecule has 5 rings (SSSR count). The average molecular weight is 520 g/mol. The number of H-pyrrole nitrogens is 2. The molecule has 10 nitrogen and oxygen atoms in total. The van der Waals surface area contributed by atoms with Crippen LogP contribution in [0.1, 0.15) is 20.7 Å². The number of aromatic nitrogens is 2. The highest BCUT2D eigenvalue weighted by Gasteiger charge is 2.37. The van der Waals surface area contributed by atoms with Crippen LogP contribution in [0.15, 0.2) is 71.8 Å². The van der Waals surface area contributed by atoms with Crippen molar-refractivity contribution in [2.45, 2.75) is 12.1 Å². The number of hydrogen-bond donors (Lipinski definition) is 5. The standard InChI is InChI=1S/C26H22ClN5O5/c27-19-11-29-20-10-16(7-8-18(19)20)24(34)31-22-13-32(26(36)37)12-21(22)30-23(33)15-5-3-14(4-6-15)17-2-1-9-28-25(17)35/h1-11,21-22,29H,12-13H2,(H,28,35)(H,30,33)(H,31,34)(H,36,37)/t21-,22+/m0/s1. The Morgan fingerprint density at radius 2 is 1.57 bits per heavy atom. The maximum absolute atomic E-state index is 13.0. The molecule has 3 heterocycles. The number of carbonyl (C=O) groups is 3. The molecule has 0 radical (unpaired) electrons. The number of nitrogens with one attached hydrogen (secondary N) is 4. The number of hydrogen-bond acceptors (Lipinski definition) is 4. The number of carbonyl (C=O) groups excluding carboxylic acids is 2. The number of likely N-dealkylation sites (tertiary alicyclic amines) is 1. The predicted molar refractivity (Wildman–Crippen MR) is 138 cm³/mol. The predicted octanol–water partition coefficient (Wildman–Crippen LogP) is 3.07. The maximum atomic E-state index is 13.0. The Labute approximate surface area is 215 Å². The zero-order valence-corrected chi connectivity index (χ0v) is 20.1. The number of nitrogens with zero attached hydrogens (tertiary/aromatic N) is 1. The number of fused-ring (bicyclic) bond motifs is 1. The lowest BCUT2D eigenvalue weighted by Crippen LogP contribution is -2.51. The molecule has 0 spiro atoms. The van der Waals surface area contributed by atoms with Gasteiger partial charge in [0, 0.05) is 53.1 Å². The van der Waals surface area contributed by atoms with Crippen molar-refractivity contribution < 1.29 is 19.5 Å². The second-order valence-corrected chi connectivity index (χ2v) is 9.14. The fraction of sp³-hybridized carbons (Fsp3) is 0.154. The first-order valence-electron chi connectivity index (χ1n) is 11.4. The van der Waals surface area contributed by atoms with Crippen LogP contribution in [0.4, 0.5) is 4.79 Å². The lowest BCUT2D eigenvalue weighted by Gasteiger charge is -2.21. The van der Waals surface area contributed by atoms with E-state index in [1.165, 1.54) is 0 Å². The summed E-state index contributed by atoms with van der Waals surface area (Å²) in [6.45, 7) is 0.0487. The fourth-order valence-corrected chi connectivity index (χ4v) is 4.66. The number of benzene rings is 2. The summed E-state index contributed by atoms with van der Waals surface area (Å²) in [5.74, 6) is -0.825. The molecule has 1 saturated heterocycles. The SMILES string of the molecule is O=C(N[C@H]1CN(C(=O)O)C[C@H]1NC(=O)c1ccc2c(Cl)c[nH]c2c1)c1ccc(-c2ccc[nH]c2=O)cc1. The van der Waals surface area contributed by atoms with Crippen molar-refractivity contribution in [1.82, 2.24) is 25.5 Å². The van der Waals surface area contributed by atoms with Gasteiger partial charge in [-0.3, -0.25) is 14.4 Å². The van der Waals surface area contributed by atoms with Gasteiger partial charge in [-0.25, -0.2) is 4.79 Å². The smallest absolute Gasteiger partial charge is 0.407 e. The van der Waals surface area contributed by atoms with Gasteiger partial charge in [-0.1, -0.05) is 29.8 Å². The average Bonchev–Trinajstić information content (AvgIpc) is 3.47. The highest BCUT2D eigenvalue weighted by Crippen LogP contribution is 2.24. The molecule has 0 aliphatic carbocycles. The highest BCUT2D eigenvalue weighted by molar-refractivity contribution is 6.35. The van der Waals surface area contributed by atoms with E-state index in [-0.39, 0.29) is 18.6 Å². The van der Waals surface area contributed by atoms with E-state index in [0.29, 0.717) is 32.8 Å². The van der Waals surface area contributed by atoms with Crippen molar-refractivity contribution in [2.75, 3.05) is 13.1 Å². The van der Waals surface area contributed by atoms with Crippen molar-refractivity contribution in [3.05, 3.63) is 93.5 Å². The van der Waals surface area contributed by atoms with Crippen molar-refractivity contribution >= 4 is 40.4 Å². The van der Waals surface area contributed by atoms with Gasteiger partial charge in [0.1, 0.15) is 0 Å². The number of amides is 3. The van der Waals surface area contributed by atoms with E-state index < -0.39 is 30.0 Å². The molecule has 1 fully saturated rings. The van der Waals surface area contributed by atoms with E-state index >= 15 is 0 Å². The van der Waals surface area contributed by atoms with Crippen LogP contribution in [-0.4, -0.2) is 63.1 Å². The van der Waals surface area contributed by atoms with Crippen LogP contribution in [-0.2, 0) is 0 Å². The topological polar surface area (TPSA) is 147 Å². The van der Waals surface area contributed by atoms with Gasteiger partial charge in [0.25, 0.3) is 17.4 Å². The van der Waals surface area contributed by atoms with Crippen LogP contribution in [0.5, 0.6) is 0 Å². The van der Waals surface area contributed by atoms with Gasteiger partial charge in [-0.15, -0.1) is 0 Å². The number of carboxylic acid groups (broad SMARTS) is 1. The highest BCUT2D eigenvalue weighted by atomic mass is 35.5. The van der Waals surface area contributed by atoms with Crippen molar-refractivity contribution in [1.29, 1.82) is 0 Å². The lowest BCUT2D eigenvalue weighted by molar-refractivity contribution is 0.0897. The molecule has 0 bridgehead atoms. The Morgan fingerprint density at radius 3 is 2.22 bits per heavy atom. The molecule has 11 heteroatoms. The van der Waals surface area contributed by atoms with Gasteiger partial charge in [-0.05, 0) is 42.0 Å². The minimum absolute atomic E-state index is 0.0226. The first-order chi connectivity index (χ1) is 17.8. The van der Waals surface area contributed by atoms with Crippen LogP contribution in [0.3, 0.4) is 0 Å². The summed E-state index contributed by atoms with van der Waals surface area (Å²) in [6.07, 6.45) is 2.03. The summed E-state index contributed by atoms with van der Waals surface area (Å²) in [5, 5.41) is 16.5. The maximum Gasteiger partial charge on any atom is 0.407 e. The summed E-state index contributed by atoms with van der Waals surface area (Å²) in [5.41, 5.74) is 2.30. The zero-order chi connectivity index (χ0) is 26.1. The van der Waals surface area contributed by atoms with E-state index in [0.717, 1.165) is 10.3 Å². The van der Waals surface area contributed by atoms with E-state index in [9.17, 15) is 24.3 Å². The quantitative estimate of drug-likeness (QED) is 0.275. The van der Waals surface area contributed by atoms with Crippen LogP contribution in [0, 0.1) is 0 Å². The molecule has 188 valence electrons. The summed E-state index contributed by atoms with van der Waals surface area (Å²) < 4.78 is 0. The molecule has 3 amide bonds. The minimum atomic E-state index is -1.14. The lowest BCUT2D eigenvalue weighted by atomic mass is 10.0. The molecule has 2 aromatic heterocycles. The molecule has 0 unspecified atom stereocenters. The van der Waals surface area contributed by atoms with E-state index in [1.54, 1.807) is 67.0 Å². The third-order valence-electron chi connectivity index (χ3n) is 6.39. The first kappa shape index (κ1) is 24.1. The molecule has 2 aromatic carbocycles. The van der Waals surface area contributed by atoms with E-state index in [1.807, 2.05) is 0 Å². The van der Waals surface area contributed by atoms with Gasteiger partial charge in [0.05, 0.1) is 17.1 Å². The molecular weight excluding hydrogens is 498 g/mol. The zero-order valence-electron chi connectivity index (χ0n) is 19.3. The molecule has 0 saturated carbocycles. The number of pyridine rings is 1. The molecule has 4 aromatic rings. The largest absolute Gasteiger partial charge is 0.465 e. The third kappa shape index (κ3) is 4.91. The van der Waals surface area contributed by atoms with Crippen LogP contribution < -0.4 is 16.2 Å². The summed E-state index contributed by atoms with van der Waals surface area (Å²) in [6, 6.07) is 13.6. The van der Waals surface area contributed by atoms with Crippen molar-refractivity contribution in [3.63, 3.8) is 0 Å². The third-order valence-corrected chi connectivity index (χ3v) is 6.71. The van der Waals surface area contributed by atoms with Crippen LogP contribution >= 0.6 is 11.6 Å². The second kappa shape index (κ2) is 9.82. The van der Waals surface area contributed by atoms with Crippen molar-refractivity contribution in [3.8, 4) is 11.1 Å². The molecule has 5 N–H and O–H groups in total. The van der Waals surface area contributed by atoms with Crippen LogP contribution in [0.25, 0.3) is 22.0 Å². The normalized spacial score (nSPS) is 17.1. The number of aromatic amines is 2. The van der Waals surface area contributed by atoms with Crippen molar-refractivity contribution in [2.24, 2.45) is 0 Å². The fourth-order valence-electron chi connectivity index (χ4n) is 4.44. The Morgan fingerprint density at radius 1 is 0.919 bits per heavy atom. The van der Waals surface area contributed by atoms with Gasteiger partial charge in [0.15, 0.2) is 0 Å². The molecular formula is C26H22ClN5O5. The van der Waals surface area contributed by atoms with E-state index in [2.05, 4.69) is 20.6 Å². The van der Waals surface area contributed by atoms with Gasteiger partial charge in [0.2, 0.25) is 0 Å². The van der Waals surface area contributed by atoms with Gasteiger partial charge in [-0.2, -0.15) is 0 Å². The summed E-state index contributed by atoms with van der Waals surface area (Å²) in [7, 11) is 0. The summed E-state index contributed by atoms with van der Waals surface area (Å²) in [4.78, 5) is 56.3. The Kier molecular flexibility index (Phi) is 6.41. The summed E-state index contributed by atoms with van der Waals surface area (Å²) >= 11 is 6.10. The monoisotopic (exact) mass is 519 g/mol. The van der Waals surface area contributed by atoms with Gasteiger partial charge >= 0.3 is 6.09 Å². The van der Waals surface area contributed by atoms with Crippen LogP contribution in [0.2, 0.25) is 5.02 Å². The molecule has 1 aliphatic heterocycles. The number of halogens is 1. The Balaban J connectivity index is 1.31. The van der Waals surface area contributed by atoms with Gasteiger partial charge < -0.3 is 30.6 Å². The Hall–Kier alpha value is -4.57. The first-order valence-corrected chi connectivity index (χ1v) is 11.8. The second-order valence-electron chi connectivity index (χ2n) is 8.73. The van der Waals surface area contributed by atoms with E-state index in [4.69, 9.17) is 11.6 Å².